The third-order valence-electron chi connectivity index (χ3n) is 7.01. The van der Waals surface area contributed by atoms with Gasteiger partial charge in [-0.2, -0.15) is 9.58 Å². The van der Waals surface area contributed by atoms with Crippen molar-refractivity contribution in [2.24, 2.45) is 0 Å². The molecule has 8 heteroatoms. The van der Waals surface area contributed by atoms with Crippen molar-refractivity contribution in [3.63, 3.8) is 0 Å². The first-order chi connectivity index (χ1) is 17.4. The number of nitrogens with zero attached hydrogens (tertiary/aromatic N) is 4. The fraction of sp³-hybridized carbons (Fsp3) is 0.250. The van der Waals surface area contributed by atoms with E-state index < -0.39 is 0 Å². The highest BCUT2D eigenvalue weighted by Gasteiger charge is 2.54. The Morgan fingerprint density at radius 2 is 1.81 bits per heavy atom. The van der Waals surface area contributed by atoms with Crippen molar-refractivity contribution >= 4 is 29.2 Å². The molecule has 2 aromatic heterocycles. The molecule has 7 nitrogen and oxygen atoms in total. The number of hydrogen-bond acceptors (Lipinski definition) is 3. The van der Waals surface area contributed by atoms with Crippen molar-refractivity contribution in [1.29, 1.82) is 0 Å². The standard InChI is InChI=1S/C28H28ClN5O2/c1-20-18-26(33(31-20)19-22-11-13-23(29)14-12-22)27(35)34(17-7-8-21(34)2)28(36)30-24-9-3-4-10-25(24)32-15-5-6-16-32/h3-6,9-16,18,21H,7-8,17,19H2,1-2H3/p+1/t21-,34?/m1/s1. The van der Waals surface area contributed by atoms with Crippen molar-refractivity contribution in [1.82, 2.24) is 14.3 Å². The molecule has 36 heavy (non-hydrogen) atoms. The van der Waals surface area contributed by atoms with E-state index in [9.17, 15) is 9.59 Å². The lowest BCUT2D eigenvalue weighted by molar-refractivity contribution is -0.775. The second-order valence-electron chi connectivity index (χ2n) is 9.38. The van der Waals surface area contributed by atoms with Gasteiger partial charge in [-0.1, -0.05) is 35.9 Å². The third kappa shape index (κ3) is 4.36. The number of aromatic nitrogens is 3. The summed E-state index contributed by atoms with van der Waals surface area (Å²) >= 11 is 6.04. The van der Waals surface area contributed by atoms with Crippen LogP contribution in [0.3, 0.4) is 0 Å². The highest BCUT2D eigenvalue weighted by molar-refractivity contribution is 6.30. The molecule has 0 radical (unpaired) electrons. The van der Waals surface area contributed by atoms with Gasteiger partial charge in [0.25, 0.3) is 0 Å². The van der Waals surface area contributed by atoms with Crippen LogP contribution in [0, 0.1) is 6.92 Å². The van der Waals surface area contributed by atoms with Crippen molar-refractivity contribution in [2.45, 2.75) is 39.3 Å². The second kappa shape index (κ2) is 9.76. The van der Waals surface area contributed by atoms with Crippen LogP contribution in [0.5, 0.6) is 0 Å². The monoisotopic (exact) mass is 502 g/mol. The fourth-order valence-electron chi connectivity index (χ4n) is 5.09. The lowest BCUT2D eigenvalue weighted by atomic mass is 10.2. The van der Waals surface area contributed by atoms with E-state index >= 15 is 0 Å². The lowest BCUT2D eigenvalue weighted by Crippen LogP contribution is -2.61. The summed E-state index contributed by atoms with van der Waals surface area (Å²) in [5.74, 6) is -0.231. The first-order valence-corrected chi connectivity index (χ1v) is 12.5. The average molecular weight is 503 g/mol. The molecule has 184 valence electrons. The maximum atomic E-state index is 14.2. The Balaban J connectivity index is 1.49. The predicted molar refractivity (Wildman–Crippen MR) is 140 cm³/mol. The summed E-state index contributed by atoms with van der Waals surface area (Å²) in [5.41, 5.74) is 3.65. The van der Waals surface area contributed by atoms with Gasteiger partial charge in [-0.25, -0.2) is 9.59 Å². The highest BCUT2D eigenvalue weighted by Crippen LogP contribution is 2.33. The molecule has 1 aliphatic rings. The van der Waals surface area contributed by atoms with E-state index in [2.05, 4.69) is 10.4 Å². The van der Waals surface area contributed by atoms with E-state index in [0.717, 1.165) is 29.8 Å². The minimum Gasteiger partial charge on any atom is -0.322 e. The van der Waals surface area contributed by atoms with E-state index in [-0.39, 0.29) is 22.5 Å². The number of anilines is 1. The summed E-state index contributed by atoms with van der Waals surface area (Å²) in [6.07, 6.45) is 5.45. The number of likely N-dealkylation sites (tertiary alicyclic amines) is 1. The molecule has 0 saturated carbocycles. The van der Waals surface area contributed by atoms with E-state index in [4.69, 9.17) is 11.6 Å². The minimum absolute atomic E-state index is 0.157. The van der Waals surface area contributed by atoms with Gasteiger partial charge in [-0.15, -0.1) is 0 Å². The highest BCUT2D eigenvalue weighted by atomic mass is 35.5. The van der Waals surface area contributed by atoms with Gasteiger partial charge in [0.05, 0.1) is 30.2 Å². The normalized spacial score (nSPS) is 19.4. The van der Waals surface area contributed by atoms with Gasteiger partial charge in [-0.3, -0.25) is 10.00 Å². The largest absolute Gasteiger partial charge is 0.429 e. The van der Waals surface area contributed by atoms with Crippen LogP contribution >= 0.6 is 11.6 Å². The predicted octanol–water partition coefficient (Wildman–Crippen LogP) is 6.06. The maximum absolute atomic E-state index is 14.2. The first-order valence-electron chi connectivity index (χ1n) is 12.1. The number of urea groups is 1. The molecule has 3 heterocycles. The zero-order chi connectivity index (χ0) is 25.3. The van der Waals surface area contributed by atoms with Crippen LogP contribution < -0.4 is 5.32 Å². The molecule has 0 bridgehead atoms. The van der Waals surface area contributed by atoms with Crippen LogP contribution in [0.4, 0.5) is 10.5 Å². The zero-order valence-electron chi connectivity index (χ0n) is 20.4. The first kappa shape index (κ1) is 24.0. The van der Waals surface area contributed by atoms with E-state index in [1.165, 1.54) is 0 Å². The molecule has 0 spiro atoms. The van der Waals surface area contributed by atoms with E-state index in [0.29, 0.717) is 29.5 Å². The minimum atomic E-state index is -0.318. The van der Waals surface area contributed by atoms with E-state index in [1.807, 2.05) is 91.5 Å². The Hall–Kier alpha value is -3.68. The Kier molecular flexibility index (Phi) is 6.51. The molecule has 2 atom stereocenters. The molecule has 0 aliphatic carbocycles. The molecule has 1 unspecified atom stereocenters. The van der Waals surface area contributed by atoms with Crippen LogP contribution in [0.1, 0.15) is 41.5 Å². The van der Waals surface area contributed by atoms with Gasteiger partial charge in [-0.05, 0) is 61.9 Å². The summed E-state index contributed by atoms with van der Waals surface area (Å²) < 4.78 is 3.36. The number of carbonyl (C=O) groups excluding carboxylic acids is 2. The van der Waals surface area contributed by atoms with Crippen LogP contribution in [-0.4, -0.2) is 43.4 Å². The van der Waals surface area contributed by atoms with Crippen molar-refractivity contribution in [2.75, 3.05) is 11.9 Å². The Bertz CT molecular complexity index is 1390. The third-order valence-corrected chi connectivity index (χ3v) is 7.26. The van der Waals surface area contributed by atoms with Crippen LogP contribution in [0.2, 0.25) is 5.02 Å². The number of amides is 3. The molecular formula is C28H29ClN5O2+. The Labute approximate surface area is 215 Å². The topological polar surface area (TPSA) is 68.9 Å². The number of nitrogens with one attached hydrogen (secondary N) is 1. The van der Waals surface area contributed by atoms with Crippen LogP contribution in [0.15, 0.2) is 79.1 Å². The average Bonchev–Trinajstić information content (AvgIpc) is 3.61. The fourth-order valence-corrected chi connectivity index (χ4v) is 5.22. The summed E-state index contributed by atoms with van der Waals surface area (Å²) in [4.78, 5) is 28.2. The smallest absolute Gasteiger partial charge is 0.322 e. The second-order valence-corrected chi connectivity index (χ2v) is 9.82. The number of quaternary nitrogens is 1. The summed E-state index contributed by atoms with van der Waals surface area (Å²) in [6.45, 7) is 4.70. The van der Waals surface area contributed by atoms with Crippen molar-refractivity contribution in [3.05, 3.63) is 101 Å². The number of halogens is 1. The SMILES string of the molecule is Cc1cc(C(=O)[N+]2(C(=O)Nc3ccccc3-n3cccc3)CCC[C@H]2C)n(Cc2ccc(Cl)cc2)n1. The molecular weight excluding hydrogens is 474 g/mol. The number of imide groups is 1. The number of benzene rings is 2. The molecule has 1 aliphatic heterocycles. The summed E-state index contributed by atoms with van der Waals surface area (Å²) in [5, 5.41) is 8.33. The molecule has 4 aromatic rings. The quantitative estimate of drug-likeness (QED) is 0.337. The molecule has 1 fully saturated rings. The van der Waals surface area contributed by atoms with Gasteiger partial charge >= 0.3 is 11.9 Å². The number of hydrogen-bond donors (Lipinski definition) is 1. The van der Waals surface area contributed by atoms with Gasteiger partial charge in [0, 0.05) is 30.3 Å². The Morgan fingerprint density at radius 3 is 2.50 bits per heavy atom. The number of carbonyl (C=O) groups is 2. The van der Waals surface area contributed by atoms with Crippen LogP contribution in [0.25, 0.3) is 5.69 Å². The van der Waals surface area contributed by atoms with Crippen molar-refractivity contribution < 1.29 is 14.1 Å². The van der Waals surface area contributed by atoms with Crippen LogP contribution in [-0.2, 0) is 6.54 Å². The van der Waals surface area contributed by atoms with Gasteiger partial charge in [0.2, 0.25) is 0 Å². The van der Waals surface area contributed by atoms with Gasteiger partial charge < -0.3 is 4.57 Å². The number of aryl methyl sites for hydroxylation is 1. The number of rotatable bonds is 5. The molecule has 2 aromatic carbocycles. The maximum Gasteiger partial charge on any atom is 0.429 e. The lowest BCUT2D eigenvalue weighted by Gasteiger charge is -2.33. The van der Waals surface area contributed by atoms with Gasteiger partial charge in [0.15, 0.2) is 5.69 Å². The van der Waals surface area contributed by atoms with Gasteiger partial charge in [0.1, 0.15) is 6.04 Å². The summed E-state index contributed by atoms with van der Waals surface area (Å²) in [6, 6.07) is 20.3. The number of para-hydroxylation sites is 2. The molecule has 1 N–H and O–H groups in total. The molecule has 3 amide bonds. The summed E-state index contributed by atoms with van der Waals surface area (Å²) in [7, 11) is 0. The molecule has 1 saturated heterocycles. The van der Waals surface area contributed by atoms with Crippen molar-refractivity contribution in [3.8, 4) is 5.69 Å². The van der Waals surface area contributed by atoms with E-state index in [1.54, 1.807) is 10.7 Å². The zero-order valence-corrected chi connectivity index (χ0v) is 21.2. The molecule has 5 rings (SSSR count). The Morgan fingerprint density at radius 1 is 1.08 bits per heavy atom.